The molecule has 0 saturated heterocycles. The summed E-state index contributed by atoms with van der Waals surface area (Å²) in [6.07, 6.45) is 1.37. The molecule has 1 aromatic carbocycles. The highest BCUT2D eigenvalue weighted by molar-refractivity contribution is 5.97. The minimum atomic E-state index is -0.700. The first-order valence-corrected chi connectivity index (χ1v) is 5.26. The number of hydrogen-bond acceptors (Lipinski definition) is 5. The Hall–Kier alpha value is -2.70. The van der Waals surface area contributed by atoms with Gasteiger partial charge in [0.25, 0.3) is 5.69 Å². The molecule has 0 aliphatic rings. The molecular formula is C12H12N2O5. The van der Waals surface area contributed by atoms with E-state index in [1.54, 1.807) is 0 Å². The SMILES string of the molecule is COC(=O)/C(=C/c1ccc([N+](=O)[O-])cc1)NC(C)=O. The Bertz CT molecular complexity index is 534. The van der Waals surface area contributed by atoms with Crippen LogP contribution in [0.1, 0.15) is 12.5 Å². The number of nitrogens with zero attached hydrogens (tertiary/aromatic N) is 1. The molecule has 0 aliphatic carbocycles. The summed E-state index contributed by atoms with van der Waals surface area (Å²) < 4.78 is 4.52. The maximum atomic E-state index is 11.4. The molecule has 0 spiro atoms. The Morgan fingerprint density at radius 3 is 2.32 bits per heavy atom. The van der Waals surface area contributed by atoms with Gasteiger partial charge < -0.3 is 10.1 Å². The average Bonchev–Trinajstić information content (AvgIpc) is 2.37. The molecule has 1 amide bonds. The molecule has 19 heavy (non-hydrogen) atoms. The molecule has 100 valence electrons. The zero-order valence-corrected chi connectivity index (χ0v) is 10.4. The van der Waals surface area contributed by atoms with Gasteiger partial charge in [0.05, 0.1) is 12.0 Å². The summed E-state index contributed by atoms with van der Waals surface area (Å²) in [6, 6.07) is 5.52. The fourth-order valence-electron chi connectivity index (χ4n) is 1.30. The van der Waals surface area contributed by atoms with Gasteiger partial charge in [0, 0.05) is 19.1 Å². The summed E-state index contributed by atoms with van der Waals surface area (Å²) in [5, 5.41) is 12.8. The summed E-state index contributed by atoms with van der Waals surface area (Å²) in [5.41, 5.74) is 0.430. The van der Waals surface area contributed by atoms with Gasteiger partial charge in [-0.15, -0.1) is 0 Å². The molecular weight excluding hydrogens is 252 g/mol. The number of nitrogens with one attached hydrogen (secondary N) is 1. The van der Waals surface area contributed by atoms with Gasteiger partial charge in [-0.25, -0.2) is 4.79 Å². The van der Waals surface area contributed by atoms with Crippen LogP contribution in [0, 0.1) is 10.1 Å². The molecule has 0 fully saturated rings. The summed E-state index contributed by atoms with van der Waals surface area (Å²) in [7, 11) is 1.19. The van der Waals surface area contributed by atoms with Gasteiger partial charge in [-0.1, -0.05) is 0 Å². The molecule has 1 N–H and O–H groups in total. The normalized spacial score (nSPS) is 10.7. The van der Waals surface area contributed by atoms with E-state index >= 15 is 0 Å². The van der Waals surface area contributed by atoms with Crippen molar-refractivity contribution in [2.45, 2.75) is 6.92 Å². The van der Waals surface area contributed by atoms with Crippen molar-refractivity contribution in [1.82, 2.24) is 5.32 Å². The molecule has 0 aliphatic heterocycles. The Kier molecular flexibility index (Phi) is 4.76. The second kappa shape index (κ2) is 6.29. The van der Waals surface area contributed by atoms with Gasteiger partial charge in [-0.2, -0.15) is 0 Å². The monoisotopic (exact) mass is 264 g/mol. The number of hydrogen-bond donors (Lipinski definition) is 1. The van der Waals surface area contributed by atoms with Crippen LogP contribution in [-0.4, -0.2) is 23.9 Å². The van der Waals surface area contributed by atoms with Crippen molar-refractivity contribution in [3.63, 3.8) is 0 Å². The maximum absolute atomic E-state index is 11.4. The summed E-state index contributed by atoms with van der Waals surface area (Å²) in [6.45, 7) is 1.26. The number of carbonyl (C=O) groups excluding carboxylic acids is 2. The molecule has 0 radical (unpaired) electrons. The van der Waals surface area contributed by atoms with Crippen molar-refractivity contribution in [3.8, 4) is 0 Å². The van der Waals surface area contributed by atoms with E-state index in [0.717, 1.165) is 0 Å². The quantitative estimate of drug-likeness (QED) is 0.382. The predicted molar refractivity (Wildman–Crippen MR) is 66.9 cm³/mol. The molecule has 0 bridgehead atoms. The average molecular weight is 264 g/mol. The van der Waals surface area contributed by atoms with E-state index in [2.05, 4.69) is 10.1 Å². The van der Waals surface area contributed by atoms with Crippen LogP contribution in [-0.2, 0) is 14.3 Å². The minimum absolute atomic E-state index is 0.0381. The topological polar surface area (TPSA) is 98.5 Å². The second-order valence-electron chi connectivity index (χ2n) is 3.58. The zero-order valence-electron chi connectivity index (χ0n) is 10.4. The third-order valence-electron chi connectivity index (χ3n) is 2.13. The van der Waals surface area contributed by atoms with E-state index < -0.39 is 16.8 Å². The minimum Gasteiger partial charge on any atom is -0.464 e. The first kappa shape index (κ1) is 14.4. The Labute approximate surface area is 109 Å². The van der Waals surface area contributed by atoms with Crippen LogP contribution in [0.2, 0.25) is 0 Å². The van der Waals surface area contributed by atoms with Gasteiger partial charge in [0.2, 0.25) is 5.91 Å². The molecule has 0 aromatic heterocycles. The summed E-state index contributed by atoms with van der Waals surface area (Å²) in [5.74, 6) is -1.12. The van der Waals surface area contributed by atoms with Crippen molar-refractivity contribution in [1.29, 1.82) is 0 Å². The molecule has 7 heteroatoms. The van der Waals surface area contributed by atoms with E-state index in [4.69, 9.17) is 0 Å². The van der Waals surface area contributed by atoms with E-state index in [1.807, 2.05) is 0 Å². The van der Waals surface area contributed by atoms with Crippen molar-refractivity contribution >= 4 is 23.6 Å². The number of nitro benzene ring substituents is 1. The molecule has 0 unspecified atom stereocenters. The largest absolute Gasteiger partial charge is 0.464 e. The number of ether oxygens (including phenoxy) is 1. The maximum Gasteiger partial charge on any atom is 0.354 e. The van der Waals surface area contributed by atoms with Crippen LogP contribution in [0.15, 0.2) is 30.0 Å². The van der Waals surface area contributed by atoms with Crippen LogP contribution in [0.5, 0.6) is 0 Å². The highest BCUT2D eigenvalue weighted by Crippen LogP contribution is 2.14. The van der Waals surface area contributed by atoms with Crippen LogP contribution in [0.4, 0.5) is 5.69 Å². The fraction of sp³-hybridized carbons (Fsp3) is 0.167. The highest BCUT2D eigenvalue weighted by atomic mass is 16.6. The van der Waals surface area contributed by atoms with E-state index in [-0.39, 0.29) is 11.4 Å². The van der Waals surface area contributed by atoms with Crippen molar-refractivity contribution in [2.75, 3.05) is 7.11 Å². The Morgan fingerprint density at radius 2 is 1.89 bits per heavy atom. The van der Waals surface area contributed by atoms with Crippen molar-refractivity contribution in [3.05, 3.63) is 45.6 Å². The predicted octanol–water partition coefficient (Wildman–Crippen LogP) is 1.24. The molecule has 1 aromatic rings. The summed E-state index contributed by atoms with van der Waals surface area (Å²) in [4.78, 5) is 32.3. The number of non-ortho nitro benzene ring substituents is 1. The Balaban J connectivity index is 3.03. The summed E-state index contributed by atoms with van der Waals surface area (Å²) >= 11 is 0. The van der Waals surface area contributed by atoms with Crippen molar-refractivity contribution in [2.24, 2.45) is 0 Å². The van der Waals surface area contributed by atoms with Crippen LogP contribution < -0.4 is 5.32 Å². The lowest BCUT2D eigenvalue weighted by atomic mass is 10.1. The van der Waals surface area contributed by atoms with Crippen LogP contribution in [0.25, 0.3) is 6.08 Å². The first-order valence-electron chi connectivity index (χ1n) is 5.26. The van der Waals surface area contributed by atoms with Gasteiger partial charge in [0.15, 0.2) is 0 Å². The molecule has 0 saturated carbocycles. The fourth-order valence-corrected chi connectivity index (χ4v) is 1.30. The van der Waals surface area contributed by atoms with Crippen molar-refractivity contribution < 1.29 is 19.2 Å². The smallest absolute Gasteiger partial charge is 0.354 e. The lowest BCUT2D eigenvalue weighted by Gasteiger charge is -2.05. The number of nitro groups is 1. The Morgan fingerprint density at radius 1 is 1.32 bits per heavy atom. The molecule has 0 heterocycles. The van der Waals surface area contributed by atoms with E-state index in [9.17, 15) is 19.7 Å². The third-order valence-corrected chi connectivity index (χ3v) is 2.13. The second-order valence-corrected chi connectivity index (χ2v) is 3.58. The number of amides is 1. The van der Waals surface area contributed by atoms with E-state index in [1.165, 1.54) is 44.4 Å². The lowest BCUT2D eigenvalue weighted by Crippen LogP contribution is -2.25. The van der Waals surface area contributed by atoms with E-state index in [0.29, 0.717) is 5.56 Å². The molecule has 7 nitrogen and oxygen atoms in total. The van der Waals surface area contributed by atoms with Crippen LogP contribution in [0.3, 0.4) is 0 Å². The highest BCUT2D eigenvalue weighted by Gasteiger charge is 2.11. The van der Waals surface area contributed by atoms with Crippen LogP contribution >= 0.6 is 0 Å². The standard InChI is InChI=1S/C12H12N2O5/c1-8(15)13-11(12(16)19-2)7-9-3-5-10(6-4-9)14(17)18/h3-7H,1-2H3,(H,13,15)/b11-7-. The number of carbonyl (C=O) groups is 2. The number of esters is 1. The van der Waals surface area contributed by atoms with Gasteiger partial charge in [-0.3, -0.25) is 14.9 Å². The third kappa shape index (κ3) is 4.23. The zero-order chi connectivity index (χ0) is 14.4. The van der Waals surface area contributed by atoms with Gasteiger partial charge >= 0.3 is 5.97 Å². The molecule has 0 atom stereocenters. The van der Waals surface area contributed by atoms with Gasteiger partial charge in [0.1, 0.15) is 5.70 Å². The lowest BCUT2D eigenvalue weighted by molar-refractivity contribution is -0.384. The molecule has 1 rings (SSSR count). The first-order chi connectivity index (χ1) is 8.93. The number of rotatable bonds is 4. The van der Waals surface area contributed by atoms with Gasteiger partial charge in [-0.05, 0) is 23.8 Å². The number of benzene rings is 1. The number of methoxy groups -OCH3 is 1.